The number of carbonyl (C=O) groups is 2. The molecule has 1 unspecified atom stereocenters. The summed E-state index contributed by atoms with van der Waals surface area (Å²) in [5, 5.41) is 0. The van der Waals surface area contributed by atoms with Gasteiger partial charge in [-0.3, -0.25) is 9.59 Å². The van der Waals surface area contributed by atoms with Crippen LogP contribution in [0.2, 0.25) is 0 Å². The van der Waals surface area contributed by atoms with Crippen molar-refractivity contribution >= 4 is 11.8 Å². The first-order chi connectivity index (χ1) is 8.91. The molecule has 0 aromatic heterocycles. The van der Waals surface area contributed by atoms with E-state index in [0.29, 0.717) is 12.8 Å². The predicted octanol–water partition coefficient (Wildman–Crippen LogP) is 3.08. The van der Waals surface area contributed by atoms with Gasteiger partial charge >= 0.3 is 5.97 Å². The number of ketones is 1. The lowest BCUT2D eigenvalue weighted by Crippen LogP contribution is -2.27. The van der Waals surface area contributed by atoms with Gasteiger partial charge in [0, 0.05) is 0 Å². The highest BCUT2D eigenvalue weighted by Gasteiger charge is 2.25. The molecule has 1 aromatic carbocycles. The van der Waals surface area contributed by atoms with Gasteiger partial charge in [-0.25, -0.2) is 0 Å². The molecule has 0 aliphatic carbocycles. The van der Waals surface area contributed by atoms with Gasteiger partial charge in [0.25, 0.3) is 0 Å². The molecular formula is C16H22O3. The van der Waals surface area contributed by atoms with E-state index >= 15 is 0 Å². The highest BCUT2D eigenvalue weighted by Crippen LogP contribution is 2.16. The highest BCUT2D eigenvalue weighted by atomic mass is 16.5. The third kappa shape index (κ3) is 4.86. The van der Waals surface area contributed by atoms with Crippen LogP contribution in [-0.4, -0.2) is 17.9 Å². The second-order valence-electron chi connectivity index (χ2n) is 5.11. The van der Waals surface area contributed by atoms with Crippen molar-refractivity contribution in [2.75, 3.05) is 0 Å². The van der Waals surface area contributed by atoms with Crippen LogP contribution in [0.4, 0.5) is 0 Å². The van der Waals surface area contributed by atoms with Gasteiger partial charge in [-0.2, -0.15) is 0 Å². The third-order valence-electron chi connectivity index (χ3n) is 3.09. The van der Waals surface area contributed by atoms with Crippen LogP contribution >= 0.6 is 0 Å². The monoisotopic (exact) mass is 262 g/mol. The van der Waals surface area contributed by atoms with Crippen LogP contribution in [0.25, 0.3) is 0 Å². The minimum atomic E-state index is -0.651. The Bertz CT molecular complexity index is 449. The highest BCUT2D eigenvalue weighted by molar-refractivity contribution is 5.97. The van der Waals surface area contributed by atoms with Gasteiger partial charge in [-0.05, 0) is 51.7 Å². The van der Waals surface area contributed by atoms with Gasteiger partial charge in [0.1, 0.15) is 11.7 Å². The lowest BCUT2D eigenvalue weighted by atomic mass is 9.94. The van der Waals surface area contributed by atoms with Crippen LogP contribution in [0.15, 0.2) is 24.3 Å². The van der Waals surface area contributed by atoms with Crippen LogP contribution in [-0.2, 0) is 20.7 Å². The van der Waals surface area contributed by atoms with Gasteiger partial charge in [0.05, 0.1) is 6.10 Å². The van der Waals surface area contributed by atoms with Crippen LogP contribution in [0.5, 0.6) is 0 Å². The molecule has 1 rings (SSSR count). The van der Waals surface area contributed by atoms with Crippen molar-refractivity contribution in [1.29, 1.82) is 0 Å². The smallest absolute Gasteiger partial charge is 0.316 e. The molecule has 0 aliphatic rings. The van der Waals surface area contributed by atoms with E-state index in [-0.39, 0.29) is 11.9 Å². The second-order valence-corrected chi connectivity index (χ2v) is 5.11. The average molecular weight is 262 g/mol. The molecule has 0 amide bonds. The van der Waals surface area contributed by atoms with E-state index in [2.05, 4.69) is 0 Å². The van der Waals surface area contributed by atoms with Crippen LogP contribution in [0.1, 0.15) is 38.3 Å². The Morgan fingerprint density at radius 3 is 2.37 bits per heavy atom. The lowest BCUT2D eigenvalue weighted by molar-refractivity contribution is -0.155. The topological polar surface area (TPSA) is 43.4 Å². The molecular weight excluding hydrogens is 240 g/mol. The molecule has 0 fully saturated rings. The summed E-state index contributed by atoms with van der Waals surface area (Å²) in [7, 11) is 0. The number of carbonyl (C=O) groups excluding carboxylic acids is 2. The van der Waals surface area contributed by atoms with Crippen LogP contribution < -0.4 is 0 Å². The van der Waals surface area contributed by atoms with E-state index in [1.54, 1.807) is 13.8 Å². The SMILES string of the molecule is CC(=O)C(CCc1ccccc1C)C(=O)OC(C)C. The predicted molar refractivity (Wildman–Crippen MR) is 74.9 cm³/mol. The fourth-order valence-electron chi connectivity index (χ4n) is 1.99. The molecule has 0 radical (unpaired) electrons. The first kappa shape index (κ1) is 15.4. The van der Waals surface area contributed by atoms with Crippen molar-refractivity contribution in [3.05, 3.63) is 35.4 Å². The summed E-state index contributed by atoms with van der Waals surface area (Å²) in [6, 6.07) is 8.01. The largest absolute Gasteiger partial charge is 0.462 e. The van der Waals surface area contributed by atoms with Crippen molar-refractivity contribution in [2.45, 2.75) is 46.6 Å². The number of Topliss-reactive ketones (excluding diaryl/α,β-unsaturated/α-hetero) is 1. The van der Waals surface area contributed by atoms with E-state index in [0.717, 1.165) is 0 Å². The first-order valence-electron chi connectivity index (χ1n) is 6.67. The quantitative estimate of drug-likeness (QED) is 0.584. The summed E-state index contributed by atoms with van der Waals surface area (Å²) in [4.78, 5) is 23.4. The molecule has 0 heterocycles. The number of hydrogen-bond donors (Lipinski definition) is 0. The summed E-state index contributed by atoms with van der Waals surface area (Å²) in [6.45, 7) is 7.06. The van der Waals surface area contributed by atoms with E-state index in [1.165, 1.54) is 18.1 Å². The average Bonchev–Trinajstić information content (AvgIpc) is 2.30. The number of esters is 1. The lowest BCUT2D eigenvalue weighted by Gasteiger charge is -2.15. The fourth-order valence-corrected chi connectivity index (χ4v) is 1.99. The minimum Gasteiger partial charge on any atom is -0.462 e. The molecule has 0 bridgehead atoms. The Labute approximate surface area is 115 Å². The molecule has 3 heteroatoms. The van der Waals surface area contributed by atoms with Crippen LogP contribution in [0, 0.1) is 12.8 Å². The number of benzene rings is 1. The van der Waals surface area contributed by atoms with Crippen LogP contribution in [0.3, 0.4) is 0 Å². The standard InChI is InChI=1S/C16H22O3/c1-11(2)19-16(18)15(13(4)17)10-9-14-8-6-5-7-12(14)3/h5-8,11,15H,9-10H2,1-4H3. The van der Waals surface area contributed by atoms with E-state index in [9.17, 15) is 9.59 Å². The van der Waals surface area contributed by atoms with E-state index < -0.39 is 11.9 Å². The number of rotatable bonds is 6. The summed E-state index contributed by atoms with van der Waals surface area (Å²) in [5.41, 5.74) is 2.35. The molecule has 0 N–H and O–H groups in total. The molecule has 104 valence electrons. The maximum absolute atomic E-state index is 11.9. The maximum Gasteiger partial charge on any atom is 0.316 e. The van der Waals surface area contributed by atoms with Gasteiger partial charge in [-0.1, -0.05) is 24.3 Å². The molecule has 0 saturated carbocycles. The Morgan fingerprint density at radius 2 is 1.84 bits per heavy atom. The zero-order valence-electron chi connectivity index (χ0n) is 12.1. The Balaban J connectivity index is 2.68. The van der Waals surface area contributed by atoms with Crippen molar-refractivity contribution in [3.8, 4) is 0 Å². The molecule has 1 aromatic rings. The summed E-state index contributed by atoms with van der Waals surface area (Å²) < 4.78 is 5.13. The van der Waals surface area contributed by atoms with Crippen molar-refractivity contribution in [2.24, 2.45) is 5.92 Å². The number of aryl methyl sites for hydroxylation is 2. The first-order valence-corrected chi connectivity index (χ1v) is 6.67. The molecule has 0 saturated heterocycles. The summed E-state index contributed by atoms with van der Waals surface area (Å²) in [5.74, 6) is -1.18. The molecule has 3 nitrogen and oxygen atoms in total. The van der Waals surface area contributed by atoms with Gasteiger partial charge < -0.3 is 4.74 Å². The Morgan fingerprint density at radius 1 is 1.21 bits per heavy atom. The van der Waals surface area contributed by atoms with E-state index in [4.69, 9.17) is 4.74 Å². The van der Waals surface area contributed by atoms with Gasteiger partial charge in [-0.15, -0.1) is 0 Å². The molecule has 1 atom stereocenters. The zero-order valence-corrected chi connectivity index (χ0v) is 12.1. The number of hydrogen-bond acceptors (Lipinski definition) is 3. The second kappa shape index (κ2) is 7.07. The maximum atomic E-state index is 11.9. The van der Waals surface area contributed by atoms with E-state index in [1.807, 2.05) is 31.2 Å². The fraction of sp³-hybridized carbons (Fsp3) is 0.500. The van der Waals surface area contributed by atoms with Crippen molar-refractivity contribution < 1.29 is 14.3 Å². The van der Waals surface area contributed by atoms with Gasteiger partial charge in [0.15, 0.2) is 0 Å². The van der Waals surface area contributed by atoms with Crippen molar-refractivity contribution in [1.82, 2.24) is 0 Å². The summed E-state index contributed by atoms with van der Waals surface area (Å²) >= 11 is 0. The Hall–Kier alpha value is -1.64. The summed E-state index contributed by atoms with van der Waals surface area (Å²) in [6.07, 6.45) is 1.03. The third-order valence-corrected chi connectivity index (χ3v) is 3.09. The zero-order chi connectivity index (χ0) is 14.4. The van der Waals surface area contributed by atoms with Crippen molar-refractivity contribution in [3.63, 3.8) is 0 Å². The molecule has 19 heavy (non-hydrogen) atoms. The normalized spacial score (nSPS) is 12.3. The minimum absolute atomic E-state index is 0.126. The molecule has 0 spiro atoms. The Kier molecular flexibility index (Phi) is 5.74. The van der Waals surface area contributed by atoms with Gasteiger partial charge in [0.2, 0.25) is 0 Å². The number of ether oxygens (including phenoxy) is 1. The molecule has 0 aliphatic heterocycles.